The van der Waals surface area contributed by atoms with E-state index in [1.54, 1.807) is 11.3 Å². The van der Waals surface area contributed by atoms with Crippen molar-refractivity contribution in [3.05, 3.63) is 40.9 Å². The van der Waals surface area contributed by atoms with Crippen LogP contribution in [0.3, 0.4) is 0 Å². The zero-order valence-corrected chi connectivity index (χ0v) is 13.1. The number of amides is 2. The second-order valence-electron chi connectivity index (χ2n) is 5.64. The Bertz CT molecular complexity index is 653. The second-order valence-corrected chi connectivity index (χ2v) is 6.50. The normalized spacial score (nSPS) is 11.8. The number of urea groups is 1. The van der Waals surface area contributed by atoms with Crippen LogP contribution in [-0.4, -0.2) is 17.2 Å². The minimum Gasteiger partial charge on any atom is -0.350 e. The number of carbonyl (C=O) groups excluding carboxylic acids is 1. The smallest absolute Gasteiger partial charge is 0.332 e. The monoisotopic (exact) mass is 302 g/mol. The van der Waals surface area contributed by atoms with Gasteiger partial charge in [0.2, 0.25) is 0 Å². The number of aromatic nitrogens is 1. The minimum absolute atomic E-state index is 0.0573. The molecule has 0 spiro atoms. The van der Waals surface area contributed by atoms with Crippen LogP contribution in [0.25, 0.3) is 10.6 Å². The summed E-state index contributed by atoms with van der Waals surface area (Å²) in [7, 11) is 0. The number of nitrogens with two attached hydrogens (primary N) is 1. The first-order valence-electron chi connectivity index (χ1n) is 6.51. The Morgan fingerprint density at radius 2 is 2.00 bits per heavy atom. The Hall–Kier alpha value is -2.21. The molecule has 0 saturated carbocycles. The van der Waals surface area contributed by atoms with Gasteiger partial charge in [-0.05, 0) is 5.56 Å². The summed E-state index contributed by atoms with van der Waals surface area (Å²) in [5.41, 5.74) is 10.2. The lowest BCUT2D eigenvalue weighted by atomic mass is 9.93. The van der Waals surface area contributed by atoms with Gasteiger partial charge < -0.3 is 5.73 Å². The number of nitrogens with one attached hydrogen (secondary N) is 1. The first-order valence-corrected chi connectivity index (χ1v) is 7.39. The quantitative estimate of drug-likeness (QED) is 0.675. The molecule has 2 rings (SSSR count). The van der Waals surface area contributed by atoms with E-state index in [1.807, 2.05) is 24.3 Å². The molecule has 0 saturated heterocycles. The van der Waals surface area contributed by atoms with Crippen LogP contribution in [0.4, 0.5) is 4.79 Å². The van der Waals surface area contributed by atoms with Crippen LogP contribution in [0.15, 0.2) is 34.7 Å². The van der Waals surface area contributed by atoms with Gasteiger partial charge in [-0.1, -0.05) is 45.0 Å². The van der Waals surface area contributed by atoms with Crippen molar-refractivity contribution < 1.29 is 4.79 Å². The molecule has 110 valence electrons. The highest BCUT2D eigenvalue weighted by Crippen LogP contribution is 2.29. The Morgan fingerprint density at radius 1 is 1.33 bits per heavy atom. The number of primary amides is 1. The summed E-state index contributed by atoms with van der Waals surface area (Å²) < 4.78 is 0. The molecule has 21 heavy (non-hydrogen) atoms. The summed E-state index contributed by atoms with van der Waals surface area (Å²) in [4.78, 5) is 15.2. The van der Waals surface area contributed by atoms with Gasteiger partial charge in [0.15, 0.2) is 0 Å². The molecule has 2 aromatic rings. The first-order chi connectivity index (χ1) is 9.86. The van der Waals surface area contributed by atoms with Gasteiger partial charge in [0.05, 0.1) is 11.9 Å². The number of nitrogens with zero attached hydrogens (tertiary/aromatic N) is 2. The summed E-state index contributed by atoms with van der Waals surface area (Å²) >= 11 is 1.64. The maximum absolute atomic E-state index is 10.5. The predicted molar refractivity (Wildman–Crippen MR) is 86.6 cm³/mol. The minimum atomic E-state index is -0.680. The maximum atomic E-state index is 10.5. The second kappa shape index (κ2) is 6.05. The lowest BCUT2D eigenvalue weighted by Crippen LogP contribution is -2.24. The van der Waals surface area contributed by atoms with E-state index in [4.69, 9.17) is 5.73 Å². The Morgan fingerprint density at radius 3 is 2.52 bits per heavy atom. The highest BCUT2D eigenvalue weighted by Gasteiger charge is 2.17. The molecule has 1 aromatic carbocycles. The summed E-state index contributed by atoms with van der Waals surface area (Å²) in [6.45, 7) is 6.45. The van der Waals surface area contributed by atoms with E-state index in [-0.39, 0.29) is 5.41 Å². The predicted octanol–water partition coefficient (Wildman–Crippen LogP) is 3.11. The lowest BCUT2D eigenvalue weighted by molar-refractivity contribution is 0.249. The molecule has 0 bridgehead atoms. The van der Waals surface area contributed by atoms with Crippen LogP contribution >= 0.6 is 11.3 Å². The van der Waals surface area contributed by atoms with Crippen molar-refractivity contribution in [1.82, 2.24) is 10.4 Å². The van der Waals surface area contributed by atoms with Gasteiger partial charge in [0.25, 0.3) is 0 Å². The molecular formula is C15H18N4OS. The van der Waals surface area contributed by atoms with Gasteiger partial charge in [-0.3, -0.25) is 0 Å². The zero-order valence-electron chi connectivity index (χ0n) is 12.3. The molecule has 3 N–H and O–H groups in total. The third kappa shape index (κ3) is 4.13. The lowest BCUT2D eigenvalue weighted by Gasteiger charge is -2.14. The Kier molecular flexibility index (Phi) is 4.37. The van der Waals surface area contributed by atoms with Crippen LogP contribution in [0.1, 0.15) is 32.0 Å². The third-order valence-corrected chi connectivity index (χ3v) is 3.71. The van der Waals surface area contributed by atoms with Crippen molar-refractivity contribution in [2.75, 3.05) is 0 Å². The SMILES string of the molecule is CC(C)(C)c1csc(-c2ccc(C=NNC(N)=O)cc2)n1. The Balaban J connectivity index is 2.14. The molecule has 1 aromatic heterocycles. The van der Waals surface area contributed by atoms with E-state index in [9.17, 15) is 4.79 Å². The van der Waals surface area contributed by atoms with Crippen molar-refractivity contribution in [2.45, 2.75) is 26.2 Å². The maximum Gasteiger partial charge on any atom is 0.332 e. The summed E-state index contributed by atoms with van der Waals surface area (Å²) in [5.74, 6) is 0. The van der Waals surface area contributed by atoms with E-state index in [2.05, 4.69) is 41.7 Å². The number of rotatable bonds is 3. The number of thiazole rings is 1. The average Bonchev–Trinajstić information content (AvgIpc) is 2.88. The van der Waals surface area contributed by atoms with Crippen molar-refractivity contribution in [1.29, 1.82) is 0 Å². The van der Waals surface area contributed by atoms with Crippen molar-refractivity contribution in [2.24, 2.45) is 10.8 Å². The van der Waals surface area contributed by atoms with Crippen LogP contribution < -0.4 is 11.2 Å². The van der Waals surface area contributed by atoms with Gasteiger partial charge in [0, 0.05) is 16.4 Å². The fraction of sp³-hybridized carbons (Fsp3) is 0.267. The van der Waals surface area contributed by atoms with Gasteiger partial charge in [0.1, 0.15) is 5.01 Å². The number of hydrogen-bond acceptors (Lipinski definition) is 4. The van der Waals surface area contributed by atoms with Gasteiger partial charge in [-0.25, -0.2) is 15.2 Å². The molecule has 0 atom stereocenters. The highest BCUT2D eigenvalue weighted by molar-refractivity contribution is 7.13. The fourth-order valence-corrected chi connectivity index (χ4v) is 2.69. The van der Waals surface area contributed by atoms with Gasteiger partial charge in [-0.2, -0.15) is 5.10 Å². The number of hydrazone groups is 1. The molecule has 0 fully saturated rings. The number of hydrogen-bond donors (Lipinski definition) is 2. The van der Waals surface area contributed by atoms with E-state index < -0.39 is 6.03 Å². The fourth-order valence-electron chi connectivity index (χ4n) is 1.63. The zero-order chi connectivity index (χ0) is 15.5. The van der Waals surface area contributed by atoms with Gasteiger partial charge in [-0.15, -0.1) is 11.3 Å². The van der Waals surface area contributed by atoms with Crippen LogP contribution in [-0.2, 0) is 5.41 Å². The summed E-state index contributed by atoms with van der Waals surface area (Å²) in [6, 6.07) is 7.12. The van der Waals surface area contributed by atoms with Crippen molar-refractivity contribution >= 4 is 23.6 Å². The van der Waals surface area contributed by atoms with E-state index in [0.717, 1.165) is 21.8 Å². The third-order valence-electron chi connectivity index (χ3n) is 2.82. The van der Waals surface area contributed by atoms with E-state index in [0.29, 0.717) is 0 Å². The molecule has 0 unspecified atom stereocenters. The van der Waals surface area contributed by atoms with Crippen LogP contribution in [0.2, 0.25) is 0 Å². The highest BCUT2D eigenvalue weighted by atomic mass is 32.1. The molecule has 6 heteroatoms. The molecule has 0 aliphatic rings. The standard InChI is InChI=1S/C15H18N4OS/c1-15(2,3)12-9-21-13(18-12)11-6-4-10(5-7-11)8-17-19-14(16)20/h4-9H,1-3H3,(H3,16,19,20). The van der Waals surface area contributed by atoms with Crippen molar-refractivity contribution in [3.8, 4) is 10.6 Å². The van der Waals surface area contributed by atoms with Gasteiger partial charge >= 0.3 is 6.03 Å². The van der Waals surface area contributed by atoms with Crippen LogP contribution in [0.5, 0.6) is 0 Å². The summed E-state index contributed by atoms with van der Waals surface area (Å²) in [5, 5.41) is 6.81. The molecular weight excluding hydrogens is 284 g/mol. The topological polar surface area (TPSA) is 80.4 Å². The largest absolute Gasteiger partial charge is 0.350 e. The summed E-state index contributed by atoms with van der Waals surface area (Å²) in [6.07, 6.45) is 1.54. The molecule has 1 heterocycles. The Labute approximate surface area is 127 Å². The molecule has 5 nitrogen and oxygen atoms in total. The first kappa shape index (κ1) is 15.2. The molecule has 0 aliphatic heterocycles. The molecule has 0 radical (unpaired) electrons. The molecule has 2 amide bonds. The van der Waals surface area contributed by atoms with Crippen LogP contribution in [0, 0.1) is 0 Å². The molecule has 0 aliphatic carbocycles. The number of benzene rings is 1. The average molecular weight is 302 g/mol. The van der Waals surface area contributed by atoms with Crippen molar-refractivity contribution in [3.63, 3.8) is 0 Å². The van der Waals surface area contributed by atoms with E-state index >= 15 is 0 Å². The van der Waals surface area contributed by atoms with E-state index in [1.165, 1.54) is 6.21 Å². The number of carbonyl (C=O) groups is 1.